The zero-order valence-corrected chi connectivity index (χ0v) is 17.7. The van der Waals surface area contributed by atoms with Crippen molar-refractivity contribution < 1.29 is 0 Å². The maximum Gasteiger partial charge on any atom is 0.0221 e. The van der Waals surface area contributed by atoms with Crippen LogP contribution in [0.3, 0.4) is 0 Å². The van der Waals surface area contributed by atoms with Crippen LogP contribution >= 0.6 is 21.6 Å². The molecule has 0 unspecified atom stereocenters. The van der Waals surface area contributed by atoms with Gasteiger partial charge in [-0.05, 0) is 59.4 Å². The van der Waals surface area contributed by atoms with Crippen LogP contribution in [-0.4, -0.2) is 0 Å². The molecule has 0 aromatic heterocycles. The molecule has 4 aromatic carbocycles. The third-order valence-electron chi connectivity index (χ3n) is 4.96. The molecule has 4 aromatic rings. The molecule has 0 atom stereocenters. The molecule has 28 heavy (non-hydrogen) atoms. The second-order valence-electron chi connectivity index (χ2n) is 6.76. The van der Waals surface area contributed by atoms with Gasteiger partial charge in [0.05, 0.1) is 0 Å². The summed E-state index contributed by atoms with van der Waals surface area (Å²) in [6.45, 7) is 4.44. The lowest BCUT2D eigenvalue weighted by Gasteiger charge is -2.13. The minimum absolute atomic E-state index is 1.27. The average molecular weight is 399 g/mol. The van der Waals surface area contributed by atoms with E-state index in [1.165, 1.54) is 43.2 Å². The van der Waals surface area contributed by atoms with Gasteiger partial charge in [-0.15, -0.1) is 0 Å². The fourth-order valence-corrected chi connectivity index (χ4v) is 5.90. The van der Waals surface area contributed by atoms with Crippen LogP contribution in [0.25, 0.3) is 22.3 Å². The highest BCUT2D eigenvalue weighted by Gasteiger charge is 2.10. The van der Waals surface area contributed by atoms with Crippen molar-refractivity contribution in [1.29, 1.82) is 0 Å². The number of hydrogen-bond acceptors (Lipinski definition) is 2. The van der Waals surface area contributed by atoms with E-state index in [0.29, 0.717) is 0 Å². The van der Waals surface area contributed by atoms with E-state index in [4.69, 9.17) is 0 Å². The Morgan fingerprint density at radius 3 is 1.21 bits per heavy atom. The molecule has 0 aliphatic heterocycles. The smallest absolute Gasteiger partial charge is 0.0221 e. The Morgan fingerprint density at radius 2 is 0.821 bits per heavy atom. The van der Waals surface area contributed by atoms with E-state index in [1.807, 2.05) is 21.6 Å². The topological polar surface area (TPSA) is 0 Å². The Kier molecular flexibility index (Phi) is 5.90. The standard InChI is InChI=1S/C26H22S2/c1-19-23(21-11-5-3-6-12-21)15-9-17-25(19)27-28-26-18-10-16-24(20(26)2)22-13-7-4-8-14-22/h3-18H,1-2H3. The molecule has 0 spiro atoms. The predicted octanol–water partition coefficient (Wildman–Crippen LogP) is 8.44. The van der Waals surface area contributed by atoms with Gasteiger partial charge in [-0.3, -0.25) is 0 Å². The van der Waals surface area contributed by atoms with Crippen molar-refractivity contribution in [3.05, 3.63) is 108 Å². The highest BCUT2D eigenvalue weighted by atomic mass is 33.1. The molecule has 0 N–H and O–H groups in total. The summed E-state index contributed by atoms with van der Waals surface area (Å²) in [6, 6.07) is 34.4. The minimum atomic E-state index is 1.27. The monoisotopic (exact) mass is 398 g/mol. The SMILES string of the molecule is Cc1c(SSc2cccc(-c3ccccc3)c2C)cccc1-c1ccccc1. The summed E-state index contributed by atoms with van der Waals surface area (Å²) in [5.74, 6) is 0. The van der Waals surface area contributed by atoms with Crippen molar-refractivity contribution in [2.45, 2.75) is 23.6 Å². The van der Waals surface area contributed by atoms with E-state index < -0.39 is 0 Å². The molecule has 0 bridgehead atoms. The molecule has 0 amide bonds. The van der Waals surface area contributed by atoms with Gasteiger partial charge in [0.15, 0.2) is 0 Å². The van der Waals surface area contributed by atoms with Crippen LogP contribution in [0.1, 0.15) is 11.1 Å². The van der Waals surface area contributed by atoms with Gasteiger partial charge in [-0.1, -0.05) is 107 Å². The van der Waals surface area contributed by atoms with Crippen molar-refractivity contribution in [3.8, 4) is 22.3 Å². The molecule has 0 saturated heterocycles. The predicted molar refractivity (Wildman–Crippen MR) is 125 cm³/mol. The van der Waals surface area contributed by atoms with Crippen molar-refractivity contribution in [2.75, 3.05) is 0 Å². The molecule has 0 nitrogen and oxygen atoms in total. The molecule has 2 heteroatoms. The molecule has 4 rings (SSSR count). The van der Waals surface area contributed by atoms with E-state index in [0.717, 1.165) is 0 Å². The normalized spacial score (nSPS) is 10.8. The summed E-state index contributed by atoms with van der Waals surface area (Å²) in [5, 5.41) is 0. The van der Waals surface area contributed by atoms with Gasteiger partial charge in [0.25, 0.3) is 0 Å². The second kappa shape index (κ2) is 8.72. The Morgan fingerprint density at radius 1 is 0.429 bits per heavy atom. The largest absolute Gasteiger partial charge is 0.0622 e. The Balaban J connectivity index is 1.59. The maximum atomic E-state index is 2.22. The van der Waals surface area contributed by atoms with Gasteiger partial charge in [0.1, 0.15) is 0 Å². The molecule has 0 saturated carbocycles. The van der Waals surface area contributed by atoms with E-state index in [9.17, 15) is 0 Å². The summed E-state index contributed by atoms with van der Waals surface area (Å²) in [6.07, 6.45) is 0. The van der Waals surface area contributed by atoms with E-state index in [-0.39, 0.29) is 0 Å². The van der Waals surface area contributed by atoms with Crippen LogP contribution in [0.15, 0.2) is 107 Å². The molecule has 0 fully saturated rings. The molecule has 138 valence electrons. The molecular weight excluding hydrogens is 376 g/mol. The van der Waals surface area contributed by atoms with Crippen LogP contribution < -0.4 is 0 Å². The van der Waals surface area contributed by atoms with Crippen molar-refractivity contribution in [1.82, 2.24) is 0 Å². The van der Waals surface area contributed by atoms with Crippen LogP contribution in [0, 0.1) is 13.8 Å². The number of benzene rings is 4. The highest BCUT2D eigenvalue weighted by molar-refractivity contribution is 8.76. The first-order chi connectivity index (χ1) is 13.7. The first-order valence-corrected chi connectivity index (χ1v) is 11.5. The van der Waals surface area contributed by atoms with Gasteiger partial charge in [0, 0.05) is 9.79 Å². The van der Waals surface area contributed by atoms with E-state index >= 15 is 0 Å². The Labute approximate surface area is 175 Å². The van der Waals surface area contributed by atoms with Gasteiger partial charge in [0.2, 0.25) is 0 Å². The number of hydrogen-bond donors (Lipinski definition) is 0. The molecule has 0 aliphatic rings. The fraction of sp³-hybridized carbons (Fsp3) is 0.0769. The summed E-state index contributed by atoms with van der Waals surface area (Å²) < 4.78 is 0. The fourth-order valence-electron chi connectivity index (χ4n) is 3.36. The van der Waals surface area contributed by atoms with Crippen molar-refractivity contribution in [2.24, 2.45) is 0 Å². The summed E-state index contributed by atoms with van der Waals surface area (Å²) >= 11 is 0. The quantitative estimate of drug-likeness (QED) is 0.309. The van der Waals surface area contributed by atoms with Gasteiger partial charge >= 0.3 is 0 Å². The Bertz CT molecular complexity index is 981. The zero-order chi connectivity index (χ0) is 19.3. The van der Waals surface area contributed by atoms with Gasteiger partial charge < -0.3 is 0 Å². The van der Waals surface area contributed by atoms with E-state index in [2.05, 4.69) is 111 Å². The third kappa shape index (κ3) is 4.04. The lowest BCUT2D eigenvalue weighted by molar-refractivity contribution is 1.30. The minimum Gasteiger partial charge on any atom is -0.0622 e. The zero-order valence-electron chi connectivity index (χ0n) is 16.1. The summed E-state index contributed by atoms with van der Waals surface area (Å²) in [4.78, 5) is 2.63. The van der Waals surface area contributed by atoms with E-state index in [1.54, 1.807) is 0 Å². The molecular formula is C26H22S2. The second-order valence-corrected chi connectivity index (χ2v) is 8.97. The number of rotatable bonds is 5. The summed E-state index contributed by atoms with van der Waals surface area (Å²) in [5.41, 5.74) is 7.83. The van der Waals surface area contributed by atoms with Crippen molar-refractivity contribution >= 4 is 21.6 Å². The van der Waals surface area contributed by atoms with Crippen molar-refractivity contribution in [3.63, 3.8) is 0 Å². The third-order valence-corrected chi connectivity index (χ3v) is 7.61. The van der Waals surface area contributed by atoms with Crippen LogP contribution in [0.2, 0.25) is 0 Å². The average Bonchev–Trinajstić information content (AvgIpc) is 2.75. The highest BCUT2D eigenvalue weighted by Crippen LogP contribution is 2.43. The Hall–Kier alpha value is -2.42. The first-order valence-electron chi connectivity index (χ1n) is 9.38. The molecule has 0 aliphatic carbocycles. The summed E-state index contributed by atoms with van der Waals surface area (Å²) in [7, 11) is 3.69. The maximum absolute atomic E-state index is 2.22. The van der Waals surface area contributed by atoms with Crippen LogP contribution in [0.4, 0.5) is 0 Å². The van der Waals surface area contributed by atoms with Gasteiger partial charge in [-0.25, -0.2) is 0 Å². The first kappa shape index (κ1) is 18.9. The molecule has 0 radical (unpaired) electrons. The van der Waals surface area contributed by atoms with Crippen LogP contribution in [-0.2, 0) is 0 Å². The molecule has 0 heterocycles. The lowest BCUT2D eigenvalue weighted by Crippen LogP contribution is -1.87. The lowest BCUT2D eigenvalue weighted by atomic mass is 10.0. The van der Waals surface area contributed by atoms with Crippen LogP contribution in [0.5, 0.6) is 0 Å². The van der Waals surface area contributed by atoms with Gasteiger partial charge in [-0.2, -0.15) is 0 Å².